The molecule has 0 saturated carbocycles. The van der Waals surface area contributed by atoms with Crippen molar-refractivity contribution >= 4 is 29.9 Å². The van der Waals surface area contributed by atoms with Crippen LogP contribution in [0.2, 0.25) is 0 Å². The Kier molecular flexibility index (Phi) is 10.9. The molecule has 1 heterocycles. The second kappa shape index (κ2) is 12.7. The van der Waals surface area contributed by atoms with Crippen LogP contribution in [0, 0.1) is 0 Å². The van der Waals surface area contributed by atoms with Gasteiger partial charge in [0.1, 0.15) is 6.33 Å². The van der Waals surface area contributed by atoms with E-state index in [0.717, 1.165) is 23.9 Å². The van der Waals surface area contributed by atoms with Gasteiger partial charge in [0.2, 0.25) is 0 Å². The van der Waals surface area contributed by atoms with Crippen LogP contribution in [0.1, 0.15) is 51.8 Å². The SMILES string of the molecule is CCCCCCC(C)NC(=NC)NCc1nncn1-c1ccccc1.I. The van der Waals surface area contributed by atoms with Gasteiger partial charge in [0.25, 0.3) is 0 Å². The van der Waals surface area contributed by atoms with E-state index in [0.29, 0.717) is 12.6 Å². The van der Waals surface area contributed by atoms with E-state index in [1.54, 1.807) is 13.4 Å². The normalized spacial score (nSPS) is 12.3. The highest BCUT2D eigenvalue weighted by Gasteiger charge is 2.09. The average Bonchev–Trinajstić information content (AvgIpc) is 3.11. The lowest BCUT2D eigenvalue weighted by atomic mass is 10.1. The molecule has 2 rings (SSSR count). The van der Waals surface area contributed by atoms with Crippen molar-refractivity contribution < 1.29 is 0 Å². The van der Waals surface area contributed by atoms with Crippen molar-refractivity contribution in [1.82, 2.24) is 25.4 Å². The molecule has 1 aromatic carbocycles. The summed E-state index contributed by atoms with van der Waals surface area (Å²) in [5.41, 5.74) is 1.05. The molecule has 6 nitrogen and oxygen atoms in total. The Morgan fingerprint density at radius 3 is 2.65 bits per heavy atom. The van der Waals surface area contributed by atoms with E-state index >= 15 is 0 Å². The molecule has 1 aromatic heterocycles. The van der Waals surface area contributed by atoms with E-state index < -0.39 is 0 Å². The predicted octanol–water partition coefficient (Wildman–Crippen LogP) is 3.91. The summed E-state index contributed by atoms with van der Waals surface area (Å²) in [5, 5.41) is 15.0. The van der Waals surface area contributed by atoms with E-state index in [1.807, 2.05) is 34.9 Å². The van der Waals surface area contributed by atoms with E-state index in [2.05, 4.69) is 39.7 Å². The zero-order valence-electron chi connectivity index (χ0n) is 16.0. The second-order valence-electron chi connectivity index (χ2n) is 6.27. The Bertz CT molecular complexity index is 640. The highest BCUT2D eigenvalue weighted by atomic mass is 127. The predicted molar refractivity (Wildman–Crippen MR) is 118 cm³/mol. The molecule has 0 aliphatic rings. The summed E-state index contributed by atoms with van der Waals surface area (Å²) in [6.07, 6.45) is 8.03. The second-order valence-corrected chi connectivity index (χ2v) is 6.27. The summed E-state index contributed by atoms with van der Waals surface area (Å²) in [5.74, 6) is 1.65. The van der Waals surface area contributed by atoms with Crippen molar-refractivity contribution in [2.75, 3.05) is 7.05 Å². The van der Waals surface area contributed by atoms with E-state index in [9.17, 15) is 0 Å². The van der Waals surface area contributed by atoms with Crippen molar-refractivity contribution in [2.45, 2.75) is 58.5 Å². The van der Waals surface area contributed by atoms with Crippen molar-refractivity contribution in [3.63, 3.8) is 0 Å². The minimum absolute atomic E-state index is 0. The minimum Gasteiger partial charge on any atom is -0.354 e. The average molecular weight is 470 g/mol. The number of unbranched alkanes of at least 4 members (excludes halogenated alkanes) is 3. The summed E-state index contributed by atoms with van der Waals surface area (Å²) in [4.78, 5) is 4.31. The molecule has 0 spiro atoms. The molecule has 1 unspecified atom stereocenters. The molecule has 0 aliphatic carbocycles. The van der Waals surface area contributed by atoms with Gasteiger partial charge in [-0.1, -0.05) is 50.8 Å². The third-order valence-electron chi connectivity index (χ3n) is 4.16. The Balaban J connectivity index is 0.00000338. The van der Waals surface area contributed by atoms with Crippen molar-refractivity contribution in [2.24, 2.45) is 4.99 Å². The van der Waals surface area contributed by atoms with Crippen LogP contribution in [0.4, 0.5) is 0 Å². The zero-order chi connectivity index (χ0) is 17.9. The Labute approximate surface area is 173 Å². The zero-order valence-corrected chi connectivity index (χ0v) is 18.3. The van der Waals surface area contributed by atoms with Crippen LogP contribution in [0.25, 0.3) is 5.69 Å². The van der Waals surface area contributed by atoms with E-state index in [1.165, 1.54) is 25.7 Å². The van der Waals surface area contributed by atoms with E-state index in [-0.39, 0.29) is 24.0 Å². The summed E-state index contributed by atoms with van der Waals surface area (Å²) in [6.45, 7) is 5.00. The maximum Gasteiger partial charge on any atom is 0.191 e. The Morgan fingerprint density at radius 1 is 1.19 bits per heavy atom. The van der Waals surface area contributed by atoms with Gasteiger partial charge in [-0.2, -0.15) is 0 Å². The van der Waals surface area contributed by atoms with Crippen LogP contribution in [0.15, 0.2) is 41.7 Å². The quantitative estimate of drug-likeness (QED) is 0.253. The summed E-state index contributed by atoms with van der Waals surface area (Å²) < 4.78 is 1.98. The number of guanidine groups is 1. The van der Waals surface area contributed by atoms with Crippen molar-refractivity contribution in [1.29, 1.82) is 0 Å². The van der Waals surface area contributed by atoms with E-state index in [4.69, 9.17) is 0 Å². The van der Waals surface area contributed by atoms with Crippen LogP contribution in [0.5, 0.6) is 0 Å². The fourth-order valence-electron chi connectivity index (χ4n) is 2.72. The van der Waals surface area contributed by atoms with Crippen LogP contribution in [-0.4, -0.2) is 33.8 Å². The molecular weight excluding hydrogens is 439 g/mol. The number of hydrogen-bond donors (Lipinski definition) is 2. The first-order valence-electron chi connectivity index (χ1n) is 9.16. The first kappa shape index (κ1) is 22.4. The largest absolute Gasteiger partial charge is 0.354 e. The molecule has 0 amide bonds. The minimum atomic E-state index is 0. The fourth-order valence-corrected chi connectivity index (χ4v) is 2.72. The molecule has 2 aromatic rings. The molecule has 0 radical (unpaired) electrons. The molecule has 0 aliphatic heterocycles. The number of rotatable bonds is 9. The van der Waals surface area contributed by atoms with Crippen molar-refractivity contribution in [3.05, 3.63) is 42.5 Å². The number of nitrogens with zero attached hydrogens (tertiary/aromatic N) is 4. The number of para-hydroxylation sites is 1. The first-order chi connectivity index (χ1) is 12.2. The number of halogens is 1. The highest BCUT2D eigenvalue weighted by molar-refractivity contribution is 14.0. The molecule has 2 N–H and O–H groups in total. The van der Waals surface area contributed by atoms with Gasteiger partial charge in [0, 0.05) is 18.8 Å². The number of aromatic nitrogens is 3. The highest BCUT2D eigenvalue weighted by Crippen LogP contribution is 2.09. The van der Waals surface area contributed by atoms with Gasteiger partial charge in [-0.05, 0) is 25.5 Å². The monoisotopic (exact) mass is 470 g/mol. The Morgan fingerprint density at radius 2 is 1.96 bits per heavy atom. The van der Waals surface area contributed by atoms with Gasteiger partial charge in [0.05, 0.1) is 6.54 Å². The van der Waals surface area contributed by atoms with Gasteiger partial charge < -0.3 is 10.6 Å². The van der Waals surface area contributed by atoms with Crippen LogP contribution >= 0.6 is 24.0 Å². The van der Waals surface area contributed by atoms with Gasteiger partial charge in [-0.15, -0.1) is 34.2 Å². The smallest absolute Gasteiger partial charge is 0.191 e. The molecule has 0 fully saturated rings. The standard InChI is InChI=1S/C19H30N6.HI/c1-4-5-6-8-11-16(2)23-19(20-3)21-14-18-24-22-15-25(18)17-12-9-7-10-13-17;/h7,9-10,12-13,15-16H,4-6,8,11,14H2,1-3H3,(H2,20,21,23);1H. The molecule has 0 saturated heterocycles. The third kappa shape index (κ3) is 7.31. The third-order valence-corrected chi connectivity index (χ3v) is 4.16. The van der Waals surface area contributed by atoms with Gasteiger partial charge in [-0.3, -0.25) is 9.56 Å². The fraction of sp³-hybridized carbons (Fsp3) is 0.526. The lowest BCUT2D eigenvalue weighted by Crippen LogP contribution is -2.42. The maximum atomic E-state index is 4.31. The number of aliphatic imine (C=N–C) groups is 1. The molecule has 26 heavy (non-hydrogen) atoms. The molecule has 0 bridgehead atoms. The van der Waals surface area contributed by atoms with Gasteiger partial charge in [-0.25, -0.2) is 0 Å². The summed E-state index contributed by atoms with van der Waals surface area (Å²) >= 11 is 0. The van der Waals surface area contributed by atoms with Crippen LogP contribution in [0.3, 0.4) is 0 Å². The number of nitrogens with one attached hydrogen (secondary N) is 2. The topological polar surface area (TPSA) is 67.1 Å². The molecular formula is C19H31IN6. The van der Waals surface area contributed by atoms with Gasteiger partial charge in [0.15, 0.2) is 11.8 Å². The van der Waals surface area contributed by atoms with Crippen molar-refractivity contribution in [3.8, 4) is 5.69 Å². The van der Waals surface area contributed by atoms with Crippen LogP contribution in [-0.2, 0) is 6.54 Å². The molecule has 7 heteroatoms. The summed E-state index contributed by atoms with van der Waals surface area (Å²) in [6, 6.07) is 10.5. The number of hydrogen-bond acceptors (Lipinski definition) is 3. The van der Waals surface area contributed by atoms with Crippen LogP contribution < -0.4 is 10.6 Å². The Hall–Kier alpha value is -1.64. The number of benzene rings is 1. The lowest BCUT2D eigenvalue weighted by Gasteiger charge is -2.18. The van der Waals surface area contributed by atoms with Gasteiger partial charge >= 0.3 is 0 Å². The maximum absolute atomic E-state index is 4.31. The first-order valence-corrected chi connectivity index (χ1v) is 9.16. The lowest BCUT2D eigenvalue weighted by molar-refractivity contribution is 0.536. The molecule has 1 atom stereocenters. The molecule has 144 valence electrons. The summed E-state index contributed by atoms with van der Waals surface area (Å²) in [7, 11) is 1.79.